The Morgan fingerprint density at radius 2 is 2.19 bits per heavy atom. The van der Waals surface area contributed by atoms with Crippen molar-refractivity contribution in [2.75, 3.05) is 20.1 Å². The summed E-state index contributed by atoms with van der Waals surface area (Å²) in [5.74, 6) is 0.258. The summed E-state index contributed by atoms with van der Waals surface area (Å²) in [5, 5.41) is 9.97. The van der Waals surface area contributed by atoms with Crippen molar-refractivity contribution in [2.45, 2.75) is 19.8 Å². The summed E-state index contributed by atoms with van der Waals surface area (Å²) in [6.07, 6.45) is 0. The molecule has 0 spiro atoms. The summed E-state index contributed by atoms with van der Waals surface area (Å²) >= 11 is 0. The van der Waals surface area contributed by atoms with Crippen molar-refractivity contribution < 1.29 is 4.79 Å². The summed E-state index contributed by atoms with van der Waals surface area (Å²) < 4.78 is 1.76. The molecule has 0 aliphatic rings. The third-order valence-electron chi connectivity index (χ3n) is 2.40. The van der Waals surface area contributed by atoms with Crippen LogP contribution < -0.4 is 10.6 Å². The molecule has 0 saturated carbocycles. The topological polar surface area (TPSA) is 58.9 Å². The van der Waals surface area contributed by atoms with Gasteiger partial charge in [0.2, 0.25) is 0 Å². The van der Waals surface area contributed by atoms with E-state index in [-0.39, 0.29) is 5.91 Å². The third-order valence-corrected chi connectivity index (χ3v) is 2.40. The Balaban J connectivity index is 2.66. The van der Waals surface area contributed by atoms with Crippen molar-refractivity contribution in [3.63, 3.8) is 0 Å². The molecule has 0 radical (unpaired) electrons. The van der Waals surface area contributed by atoms with Crippen LogP contribution in [-0.2, 0) is 7.05 Å². The van der Waals surface area contributed by atoms with Crippen LogP contribution in [0.2, 0.25) is 0 Å². The van der Waals surface area contributed by atoms with Crippen molar-refractivity contribution in [3.8, 4) is 0 Å². The van der Waals surface area contributed by atoms with E-state index in [1.54, 1.807) is 4.68 Å². The molecule has 0 aliphatic carbocycles. The van der Waals surface area contributed by atoms with Crippen LogP contribution in [0.15, 0.2) is 6.07 Å². The number of amides is 1. The maximum absolute atomic E-state index is 11.7. The molecule has 90 valence electrons. The van der Waals surface area contributed by atoms with Crippen LogP contribution in [-0.4, -0.2) is 35.8 Å². The zero-order valence-electron chi connectivity index (χ0n) is 10.4. The number of hydrogen-bond acceptors (Lipinski definition) is 3. The van der Waals surface area contributed by atoms with E-state index in [0.717, 1.165) is 12.2 Å². The van der Waals surface area contributed by atoms with Crippen LogP contribution in [0.5, 0.6) is 0 Å². The Labute approximate surface area is 96.2 Å². The first-order valence-corrected chi connectivity index (χ1v) is 5.53. The highest BCUT2D eigenvalue weighted by Gasteiger charge is 2.13. The molecule has 0 bridgehead atoms. The van der Waals surface area contributed by atoms with Gasteiger partial charge in [-0.2, -0.15) is 5.10 Å². The number of rotatable bonds is 5. The molecule has 0 unspecified atom stereocenters. The molecular weight excluding hydrogens is 204 g/mol. The highest BCUT2D eigenvalue weighted by Crippen LogP contribution is 2.14. The van der Waals surface area contributed by atoms with Crippen LogP contribution in [0.25, 0.3) is 0 Å². The Bertz CT molecular complexity index is 357. The van der Waals surface area contributed by atoms with Crippen molar-refractivity contribution in [2.24, 2.45) is 7.05 Å². The highest BCUT2D eigenvalue weighted by molar-refractivity contribution is 5.92. The summed E-state index contributed by atoms with van der Waals surface area (Å²) in [4.78, 5) is 11.7. The molecule has 1 heterocycles. The number of nitrogens with one attached hydrogen (secondary N) is 2. The van der Waals surface area contributed by atoms with Gasteiger partial charge >= 0.3 is 0 Å². The predicted molar refractivity (Wildman–Crippen MR) is 63.6 cm³/mol. The van der Waals surface area contributed by atoms with Crippen molar-refractivity contribution >= 4 is 5.91 Å². The van der Waals surface area contributed by atoms with E-state index in [0.29, 0.717) is 18.2 Å². The fraction of sp³-hybridized carbons (Fsp3) is 0.636. The lowest BCUT2D eigenvalue weighted by Gasteiger charge is -2.02. The molecule has 16 heavy (non-hydrogen) atoms. The fourth-order valence-corrected chi connectivity index (χ4v) is 1.52. The van der Waals surface area contributed by atoms with Crippen LogP contribution in [0, 0.1) is 0 Å². The minimum Gasteiger partial charge on any atom is -0.349 e. The molecule has 5 heteroatoms. The number of carbonyl (C=O) groups is 1. The summed E-state index contributed by atoms with van der Waals surface area (Å²) in [6.45, 7) is 5.54. The van der Waals surface area contributed by atoms with Crippen molar-refractivity contribution in [3.05, 3.63) is 17.5 Å². The standard InChI is InChI=1S/C11H20N4O/c1-8(2)10-7-9(14-15(10)4)11(16)13-6-5-12-3/h7-8,12H,5-6H2,1-4H3,(H,13,16). The molecule has 0 aromatic carbocycles. The number of likely N-dealkylation sites (N-methyl/N-ethyl adjacent to an activating group) is 1. The van der Waals surface area contributed by atoms with Gasteiger partial charge in [-0.05, 0) is 19.0 Å². The van der Waals surface area contributed by atoms with Gasteiger partial charge in [-0.25, -0.2) is 0 Å². The van der Waals surface area contributed by atoms with E-state index in [1.165, 1.54) is 0 Å². The lowest BCUT2D eigenvalue weighted by molar-refractivity contribution is 0.0948. The average Bonchev–Trinajstić information content (AvgIpc) is 2.60. The van der Waals surface area contributed by atoms with Crippen molar-refractivity contribution in [1.82, 2.24) is 20.4 Å². The number of carbonyl (C=O) groups excluding carboxylic acids is 1. The highest BCUT2D eigenvalue weighted by atomic mass is 16.1. The largest absolute Gasteiger partial charge is 0.349 e. The minimum atomic E-state index is -0.113. The van der Waals surface area contributed by atoms with Gasteiger partial charge in [0.15, 0.2) is 0 Å². The van der Waals surface area contributed by atoms with Gasteiger partial charge in [-0.1, -0.05) is 13.8 Å². The molecule has 0 saturated heterocycles. The zero-order chi connectivity index (χ0) is 12.1. The lowest BCUT2D eigenvalue weighted by Crippen LogP contribution is -2.30. The monoisotopic (exact) mass is 224 g/mol. The Morgan fingerprint density at radius 3 is 2.69 bits per heavy atom. The molecule has 1 aromatic heterocycles. The van der Waals surface area contributed by atoms with Crippen LogP contribution in [0.3, 0.4) is 0 Å². The number of aromatic nitrogens is 2. The fourth-order valence-electron chi connectivity index (χ4n) is 1.52. The van der Waals surface area contributed by atoms with Gasteiger partial charge in [0.1, 0.15) is 5.69 Å². The number of aryl methyl sites for hydroxylation is 1. The van der Waals surface area contributed by atoms with Gasteiger partial charge in [0, 0.05) is 25.8 Å². The summed E-state index contributed by atoms with van der Waals surface area (Å²) in [7, 11) is 3.71. The van der Waals surface area contributed by atoms with Gasteiger partial charge in [-0.3, -0.25) is 9.48 Å². The molecule has 0 fully saturated rings. The molecule has 1 rings (SSSR count). The Morgan fingerprint density at radius 1 is 1.50 bits per heavy atom. The maximum atomic E-state index is 11.7. The molecular formula is C11H20N4O. The number of hydrogen-bond donors (Lipinski definition) is 2. The molecule has 1 aromatic rings. The van der Waals surface area contributed by atoms with E-state index in [1.807, 2.05) is 20.2 Å². The molecule has 0 aliphatic heterocycles. The van der Waals surface area contributed by atoms with Crippen LogP contribution in [0.1, 0.15) is 35.9 Å². The number of nitrogens with zero attached hydrogens (tertiary/aromatic N) is 2. The van der Waals surface area contributed by atoms with E-state index in [4.69, 9.17) is 0 Å². The molecule has 1 amide bonds. The second-order valence-corrected chi connectivity index (χ2v) is 4.09. The van der Waals surface area contributed by atoms with Gasteiger partial charge < -0.3 is 10.6 Å². The lowest BCUT2D eigenvalue weighted by atomic mass is 10.1. The Kier molecular flexibility index (Phi) is 4.49. The predicted octanol–water partition coefficient (Wildman–Crippen LogP) is 0.493. The second-order valence-electron chi connectivity index (χ2n) is 4.09. The van der Waals surface area contributed by atoms with Crippen molar-refractivity contribution in [1.29, 1.82) is 0 Å². The maximum Gasteiger partial charge on any atom is 0.271 e. The van der Waals surface area contributed by atoms with Crippen LogP contribution >= 0.6 is 0 Å². The third kappa shape index (κ3) is 3.06. The second kappa shape index (κ2) is 5.65. The van der Waals surface area contributed by atoms with E-state index < -0.39 is 0 Å². The summed E-state index contributed by atoms with van der Waals surface area (Å²) in [5.41, 5.74) is 1.56. The Hall–Kier alpha value is -1.36. The van der Waals surface area contributed by atoms with E-state index in [9.17, 15) is 4.79 Å². The minimum absolute atomic E-state index is 0.113. The zero-order valence-corrected chi connectivity index (χ0v) is 10.4. The van der Waals surface area contributed by atoms with Crippen LogP contribution in [0.4, 0.5) is 0 Å². The normalized spacial score (nSPS) is 10.8. The molecule has 5 nitrogen and oxygen atoms in total. The quantitative estimate of drug-likeness (QED) is 0.716. The SMILES string of the molecule is CNCCNC(=O)c1cc(C(C)C)n(C)n1. The first-order valence-electron chi connectivity index (χ1n) is 5.53. The van der Waals surface area contributed by atoms with Gasteiger partial charge in [0.05, 0.1) is 0 Å². The van der Waals surface area contributed by atoms with Gasteiger partial charge in [-0.15, -0.1) is 0 Å². The summed E-state index contributed by atoms with van der Waals surface area (Å²) in [6, 6.07) is 1.85. The first-order chi connectivity index (χ1) is 7.56. The van der Waals surface area contributed by atoms with Gasteiger partial charge in [0.25, 0.3) is 5.91 Å². The van der Waals surface area contributed by atoms with E-state index >= 15 is 0 Å². The van der Waals surface area contributed by atoms with E-state index in [2.05, 4.69) is 29.6 Å². The molecule has 0 atom stereocenters. The first kappa shape index (κ1) is 12.7. The smallest absolute Gasteiger partial charge is 0.271 e. The molecule has 2 N–H and O–H groups in total. The average molecular weight is 224 g/mol.